The molecule has 0 fully saturated rings. The van der Waals surface area contributed by atoms with Crippen LogP contribution in [-0.4, -0.2) is 23.8 Å². The lowest BCUT2D eigenvalue weighted by atomic mass is 10.2. The standard InChI is InChI=1S/C9H11BrO3S/c1-2-13-9(12)7(11)5-8-6(10)3-4-14-8/h3-4,7,11H,2,5H2,1H3. The highest BCUT2D eigenvalue weighted by atomic mass is 79.9. The molecule has 1 aromatic rings. The smallest absolute Gasteiger partial charge is 0.335 e. The molecule has 78 valence electrons. The summed E-state index contributed by atoms with van der Waals surface area (Å²) in [6, 6.07) is 1.89. The number of aliphatic hydroxyl groups excluding tert-OH is 1. The van der Waals surface area contributed by atoms with Gasteiger partial charge >= 0.3 is 5.97 Å². The second kappa shape index (κ2) is 5.48. The van der Waals surface area contributed by atoms with Gasteiger partial charge in [0.2, 0.25) is 0 Å². The molecule has 0 bridgehead atoms. The molecular formula is C9H11BrO3S. The molecule has 1 atom stereocenters. The monoisotopic (exact) mass is 278 g/mol. The number of ether oxygens (including phenoxy) is 1. The minimum atomic E-state index is -1.06. The van der Waals surface area contributed by atoms with E-state index in [2.05, 4.69) is 15.9 Å². The molecule has 0 aromatic carbocycles. The van der Waals surface area contributed by atoms with Crippen molar-refractivity contribution in [3.05, 3.63) is 20.8 Å². The van der Waals surface area contributed by atoms with E-state index in [1.54, 1.807) is 6.92 Å². The first-order chi connectivity index (χ1) is 6.65. The molecule has 0 saturated carbocycles. The molecule has 14 heavy (non-hydrogen) atoms. The van der Waals surface area contributed by atoms with E-state index in [0.717, 1.165) is 9.35 Å². The first-order valence-corrected chi connectivity index (χ1v) is 5.89. The van der Waals surface area contributed by atoms with Gasteiger partial charge in [-0.05, 0) is 34.3 Å². The van der Waals surface area contributed by atoms with Crippen molar-refractivity contribution in [2.45, 2.75) is 19.4 Å². The van der Waals surface area contributed by atoms with Gasteiger partial charge in [-0.3, -0.25) is 0 Å². The van der Waals surface area contributed by atoms with Crippen LogP contribution in [-0.2, 0) is 16.0 Å². The number of esters is 1. The van der Waals surface area contributed by atoms with Crippen LogP contribution in [0.3, 0.4) is 0 Å². The number of thiophene rings is 1. The molecule has 0 saturated heterocycles. The van der Waals surface area contributed by atoms with Gasteiger partial charge in [0.05, 0.1) is 6.61 Å². The summed E-state index contributed by atoms with van der Waals surface area (Å²) in [5.41, 5.74) is 0. The lowest BCUT2D eigenvalue weighted by Gasteiger charge is -2.08. The Morgan fingerprint density at radius 2 is 2.50 bits per heavy atom. The van der Waals surface area contributed by atoms with Crippen molar-refractivity contribution in [1.29, 1.82) is 0 Å². The Hall–Kier alpha value is -0.390. The van der Waals surface area contributed by atoms with Gasteiger partial charge < -0.3 is 9.84 Å². The van der Waals surface area contributed by atoms with Crippen LogP contribution in [0, 0.1) is 0 Å². The maximum atomic E-state index is 11.1. The van der Waals surface area contributed by atoms with Crippen LogP contribution in [0.25, 0.3) is 0 Å². The van der Waals surface area contributed by atoms with Crippen LogP contribution in [0.15, 0.2) is 15.9 Å². The van der Waals surface area contributed by atoms with Gasteiger partial charge in [0.1, 0.15) is 0 Å². The first kappa shape index (κ1) is 11.7. The van der Waals surface area contributed by atoms with E-state index in [4.69, 9.17) is 4.74 Å². The number of hydrogen-bond acceptors (Lipinski definition) is 4. The number of aliphatic hydroxyl groups is 1. The van der Waals surface area contributed by atoms with Crippen molar-refractivity contribution in [2.75, 3.05) is 6.61 Å². The molecule has 5 heteroatoms. The van der Waals surface area contributed by atoms with Gasteiger partial charge in [-0.1, -0.05) is 0 Å². The van der Waals surface area contributed by atoms with E-state index in [0.29, 0.717) is 13.0 Å². The summed E-state index contributed by atoms with van der Waals surface area (Å²) in [6.07, 6.45) is -0.762. The molecule has 0 aliphatic carbocycles. The molecule has 1 rings (SSSR count). The normalized spacial score (nSPS) is 12.5. The summed E-state index contributed by atoms with van der Waals surface area (Å²) in [4.78, 5) is 12.0. The largest absolute Gasteiger partial charge is 0.464 e. The molecular weight excluding hydrogens is 268 g/mol. The average Bonchev–Trinajstić information content (AvgIpc) is 2.52. The Morgan fingerprint density at radius 3 is 3.00 bits per heavy atom. The second-order valence-electron chi connectivity index (χ2n) is 2.66. The van der Waals surface area contributed by atoms with E-state index < -0.39 is 12.1 Å². The zero-order valence-corrected chi connectivity index (χ0v) is 10.1. The summed E-state index contributed by atoms with van der Waals surface area (Å²) in [6.45, 7) is 2.01. The third-order valence-electron chi connectivity index (χ3n) is 1.63. The molecule has 1 aromatic heterocycles. The van der Waals surface area contributed by atoms with Crippen LogP contribution < -0.4 is 0 Å². The van der Waals surface area contributed by atoms with Crippen LogP contribution >= 0.6 is 27.3 Å². The Labute approximate surface area is 94.8 Å². The van der Waals surface area contributed by atoms with Crippen molar-refractivity contribution >= 4 is 33.2 Å². The lowest BCUT2D eigenvalue weighted by Crippen LogP contribution is -2.25. The highest BCUT2D eigenvalue weighted by molar-refractivity contribution is 9.10. The molecule has 1 unspecified atom stereocenters. The fourth-order valence-corrected chi connectivity index (χ4v) is 2.52. The summed E-state index contributed by atoms with van der Waals surface area (Å²) >= 11 is 4.83. The van der Waals surface area contributed by atoms with Gasteiger partial charge in [0.15, 0.2) is 6.10 Å². The summed E-state index contributed by atoms with van der Waals surface area (Å²) in [7, 11) is 0. The van der Waals surface area contributed by atoms with Gasteiger partial charge in [-0.15, -0.1) is 11.3 Å². The van der Waals surface area contributed by atoms with Gasteiger partial charge in [-0.25, -0.2) is 4.79 Å². The maximum absolute atomic E-state index is 11.1. The SMILES string of the molecule is CCOC(=O)C(O)Cc1sccc1Br. The first-order valence-electron chi connectivity index (χ1n) is 4.21. The molecule has 0 spiro atoms. The predicted octanol–water partition coefficient (Wildman–Crippen LogP) is 1.98. The summed E-state index contributed by atoms with van der Waals surface area (Å²) < 4.78 is 5.61. The Morgan fingerprint density at radius 1 is 1.79 bits per heavy atom. The molecule has 0 aliphatic rings. The Kier molecular flexibility index (Phi) is 4.57. The Bertz CT molecular complexity index is 311. The van der Waals surface area contributed by atoms with Gasteiger partial charge in [0.25, 0.3) is 0 Å². The number of hydrogen-bond donors (Lipinski definition) is 1. The third-order valence-corrected chi connectivity index (χ3v) is 3.58. The highest BCUT2D eigenvalue weighted by Crippen LogP contribution is 2.24. The number of rotatable bonds is 4. The van der Waals surface area contributed by atoms with Gasteiger partial charge in [0, 0.05) is 15.8 Å². The van der Waals surface area contributed by atoms with Crippen molar-refractivity contribution in [2.24, 2.45) is 0 Å². The predicted molar refractivity (Wildman–Crippen MR) is 58.4 cm³/mol. The van der Waals surface area contributed by atoms with E-state index >= 15 is 0 Å². The molecule has 0 radical (unpaired) electrons. The molecule has 0 amide bonds. The number of carbonyl (C=O) groups excluding carboxylic acids is 1. The minimum Gasteiger partial charge on any atom is -0.464 e. The van der Waals surface area contributed by atoms with Crippen molar-refractivity contribution in [3.8, 4) is 0 Å². The van der Waals surface area contributed by atoms with E-state index in [9.17, 15) is 9.90 Å². The van der Waals surface area contributed by atoms with Crippen LogP contribution in [0.1, 0.15) is 11.8 Å². The van der Waals surface area contributed by atoms with Crippen molar-refractivity contribution in [1.82, 2.24) is 0 Å². The van der Waals surface area contributed by atoms with Gasteiger partial charge in [-0.2, -0.15) is 0 Å². The molecule has 0 aliphatic heterocycles. The zero-order chi connectivity index (χ0) is 10.6. The summed E-state index contributed by atoms with van der Waals surface area (Å²) in [5.74, 6) is -0.562. The van der Waals surface area contributed by atoms with Crippen molar-refractivity contribution < 1.29 is 14.6 Å². The molecule has 1 heterocycles. The summed E-state index contributed by atoms with van der Waals surface area (Å²) in [5, 5.41) is 11.4. The minimum absolute atomic E-state index is 0.293. The van der Waals surface area contributed by atoms with E-state index in [1.165, 1.54) is 11.3 Å². The van der Waals surface area contributed by atoms with Crippen LogP contribution in [0.5, 0.6) is 0 Å². The quantitative estimate of drug-likeness (QED) is 0.857. The van der Waals surface area contributed by atoms with Crippen LogP contribution in [0.2, 0.25) is 0 Å². The topological polar surface area (TPSA) is 46.5 Å². The number of carbonyl (C=O) groups is 1. The zero-order valence-electron chi connectivity index (χ0n) is 7.70. The maximum Gasteiger partial charge on any atom is 0.335 e. The third kappa shape index (κ3) is 3.08. The van der Waals surface area contributed by atoms with Crippen molar-refractivity contribution in [3.63, 3.8) is 0 Å². The van der Waals surface area contributed by atoms with E-state index in [1.807, 2.05) is 11.4 Å². The molecule has 3 nitrogen and oxygen atoms in total. The second-order valence-corrected chi connectivity index (χ2v) is 4.52. The van der Waals surface area contributed by atoms with E-state index in [-0.39, 0.29) is 0 Å². The fourth-order valence-electron chi connectivity index (χ4n) is 0.968. The Balaban J connectivity index is 2.52. The molecule has 1 N–H and O–H groups in total. The van der Waals surface area contributed by atoms with Crippen LogP contribution in [0.4, 0.5) is 0 Å². The number of halogens is 1. The lowest BCUT2D eigenvalue weighted by molar-refractivity contribution is -0.152. The average molecular weight is 279 g/mol. The highest BCUT2D eigenvalue weighted by Gasteiger charge is 2.18. The fraction of sp³-hybridized carbons (Fsp3) is 0.444.